The van der Waals surface area contributed by atoms with Gasteiger partial charge in [0.05, 0.1) is 23.2 Å². The molecule has 2 aliphatic rings. The minimum Gasteiger partial charge on any atom is -0.397 e. The number of nitrogens with zero attached hydrogens (tertiary/aromatic N) is 1. The number of hydrogen-bond acceptors (Lipinski definition) is 5. The largest absolute Gasteiger partial charge is 0.397 e. The SMILES string of the molecule is Nc1cc(-c2ccc(C3(O)CCCC3)nc2)c(F)c([C@H]2CCCO2)c1N. The Morgan fingerprint density at radius 3 is 2.58 bits per heavy atom. The molecule has 2 fully saturated rings. The summed E-state index contributed by atoms with van der Waals surface area (Å²) in [4.78, 5) is 4.41. The second-order valence-corrected chi connectivity index (χ2v) is 7.33. The zero-order valence-electron chi connectivity index (χ0n) is 14.7. The first kappa shape index (κ1) is 17.2. The average molecular weight is 357 g/mol. The molecule has 0 radical (unpaired) electrons. The highest BCUT2D eigenvalue weighted by Gasteiger charge is 2.34. The van der Waals surface area contributed by atoms with Crippen LogP contribution < -0.4 is 11.5 Å². The summed E-state index contributed by atoms with van der Waals surface area (Å²) < 4.78 is 20.9. The molecule has 1 saturated carbocycles. The summed E-state index contributed by atoms with van der Waals surface area (Å²) in [6.07, 6.45) is 6.26. The van der Waals surface area contributed by atoms with E-state index in [1.165, 1.54) is 0 Å². The van der Waals surface area contributed by atoms with Crippen LogP contribution in [0.1, 0.15) is 55.9 Å². The minimum atomic E-state index is -0.861. The van der Waals surface area contributed by atoms with Crippen molar-refractivity contribution < 1.29 is 14.2 Å². The number of halogens is 1. The van der Waals surface area contributed by atoms with Gasteiger partial charge in [-0.3, -0.25) is 4.98 Å². The Morgan fingerprint density at radius 1 is 1.19 bits per heavy atom. The number of nitrogens with two attached hydrogens (primary N) is 2. The van der Waals surface area contributed by atoms with Crippen molar-refractivity contribution in [3.8, 4) is 11.1 Å². The molecule has 2 heterocycles. The van der Waals surface area contributed by atoms with Gasteiger partial charge in [0, 0.05) is 29.5 Å². The molecule has 26 heavy (non-hydrogen) atoms. The molecule has 1 atom stereocenters. The van der Waals surface area contributed by atoms with Gasteiger partial charge in [-0.1, -0.05) is 18.9 Å². The first-order chi connectivity index (χ1) is 12.5. The van der Waals surface area contributed by atoms with Crippen molar-refractivity contribution in [2.24, 2.45) is 0 Å². The lowest BCUT2D eigenvalue weighted by atomic mass is 9.94. The van der Waals surface area contributed by atoms with Crippen LogP contribution >= 0.6 is 0 Å². The van der Waals surface area contributed by atoms with Gasteiger partial charge in [0.15, 0.2) is 0 Å². The minimum absolute atomic E-state index is 0.253. The van der Waals surface area contributed by atoms with E-state index in [0.29, 0.717) is 47.5 Å². The summed E-state index contributed by atoms with van der Waals surface area (Å²) >= 11 is 0. The molecule has 1 aromatic heterocycles. The Bertz CT molecular complexity index is 811. The van der Waals surface area contributed by atoms with Gasteiger partial charge < -0.3 is 21.3 Å². The standard InChI is InChI=1S/C20H24FN3O2/c21-18-13(10-14(22)19(23)17(18)15-4-3-9-26-15)12-5-6-16(24-11-12)20(25)7-1-2-8-20/h5-6,10-11,15,25H,1-4,7-9,22-23H2/t15-/m1/s1. The van der Waals surface area contributed by atoms with Gasteiger partial charge in [-0.2, -0.15) is 0 Å². The van der Waals surface area contributed by atoms with Gasteiger partial charge in [0.25, 0.3) is 0 Å². The van der Waals surface area contributed by atoms with Crippen LogP contribution in [0.25, 0.3) is 11.1 Å². The van der Waals surface area contributed by atoms with E-state index in [1.807, 2.05) is 0 Å². The van der Waals surface area contributed by atoms with Gasteiger partial charge >= 0.3 is 0 Å². The maximum Gasteiger partial charge on any atom is 0.139 e. The number of nitrogen functional groups attached to an aromatic ring is 2. The molecular weight excluding hydrogens is 333 g/mol. The molecule has 0 bridgehead atoms. The van der Waals surface area contributed by atoms with Crippen LogP contribution in [-0.2, 0) is 10.3 Å². The Morgan fingerprint density at radius 2 is 1.96 bits per heavy atom. The number of rotatable bonds is 3. The third-order valence-electron chi connectivity index (χ3n) is 5.61. The molecule has 5 N–H and O–H groups in total. The summed E-state index contributed by atoms with van der Waals surface area (Å²) in [7, 11) is 0. The van der Waals surface area contributed by atoms with Crippen LogP contribution in [0.5, 0.6) is 0 Å². The number of anilines is 2. The van der Waals surface area contributed by atoms with Crippen LogP contribution in [0.4, 0.5) is 15.8 Å². The highest BCUT2D eigenvalue weighted by atomic mass is 19.1. The number of aliphatic hydroxyl groups is 1. The lowest BCUT2D eigenvalue weighted by molar-refractivity contribution is 0.0400. The normalized spacial score (nSPS) is 22.0. The zero-order chi connectivity index (χ0) is 18.3. The van der Waals surface area contributed by atoms with E-state index in [9.17, 15) is 5.11 Å². The monoisotopic (exact) mass is 357 g/mol. The van der Waals surface area contributed by atoms with Gasteiger partial charge in [-0.15, -0.1) is 0 Å². The number of hydrogen-bond donors (Lipinski definition) is 3. The van der Waals surface area contributed by atoms with E-state index in [-0.39, 0.29) is 11.8 Å². The quantitative estimate of drug-likeness (QED) is 0.729. The number of ether oxygens (including phenoxy) is 1. The second-order valence-electron chi connectivity index (χ2n) is 7.33. The molecule has 1 saturated heterocycles. The van der Waals surface area contributed by atoms with Crippen molar-refractivity contribution in [3.63, 3.8) is 0 Å². The van der Waals surface area contributed by atoms with Crippen molar-refractivity contribution in [1.29, 1.82) is 0 Å². The predicted molar refractivity (Wildman–Crippen MR) is 98.7 cm³/mol. The average Bonchev–Trinajstić information content (AvgIpc) is 3.31. The maximum atomic E-state index is 15.2. The highest BCUT2D eigenvalue weighted by molar-refractivity contribution is 5.78. The first-order valence-electron chi connectivity index (χ1n) is 9.18. The van der Waals surface area contributed by atoms with E-state index in [4.69, 9.17) is 16.2 Å². The van der Waals surface area contributed by atoms with Gasteiger partial charge in [0.2, 0.25) is 0 Å². The Hall–Kier alpha value is -2.18. The van der Waals surface area contributed by atoms with Crippen molar-refractivity contribution in [3.05, 3.63) is 41.5 Å². The van der Waals surface area contributed by atoms with E-state index in [0.717, 1.165) is 25.7 Å². The molecule has 0 amide bonds. The van der Waals surface area contributed by atoms with Crippen LogP contribution in [0.2, 0.25) is 0 Å². The molecule has 0 unspecified atom stereocenters. The molecule has 1 aromatic carbocycles. The predicted octanol–water partition coefficient (Wildman–Crippen LogP) is 3.67. The highest BCUT2D eigenvalue weighted by Crippen LogP contribution is 2.42. The maximum absolute atomic E-state index is 15.2. The Labute approximate surface area is 152 Å². The number of benzene rings is 1. The smallest absolute Gasteiger partial charge is 0.139 e. The molecule has 0 spiro atoms. The zero-order valence-corrected chi connectivity index (χ0v) is 14.7. The Kier molecular flexibility index (Phi) is 4.32. The van der Waals surface area contributed by atoms with Gasteiger partial charge in [-0.05, 0) is 37.8 Å². The van der Waals surface area contributed by atoms with Crippen LogP contribution in [0.15, 0.2) is 24.4 Å². The lowest BCUT2D eigenvalue weighted by Gasteiger charge is -2.22. The molecule has 1 aliphatic carbocycles. The Balaban J connectivity index is 1.73. The van der Waals surface area contributed by atoms with E-state index >= 15 is 4.39 Å². The first-order valence-corrected chi connectivity index (χ1v) is 9.18. The summed E-state index contributed by atoms with van der Waals surface area (Å²) in [5, 5.41) is 10.7. The molecule has 1 aliphatic heterocycles. The van der Waals surface area contributed by atoms with E-state index in [1.54, 1.807) is 24.4 Å². The van der Waals surface area contributed by atoms with Crippen LogP contribution in [0, 0.1) is 5.82 Å². The third-order valence-corrected chi connectivity index (χ3v) is 5.61. The molecule has 2 aromatic rings. The van der Waals surface area contributed by atoms with Crippen molar-refractivity contribution in [2.75, 3.05) is 18.1 Å². The van der Waals surface area contributed by atoms with E-state index in [2.05, 4.69) is 4.98 Å². The van der Waals surface area contributed by atoms with Crippen molar-refractivity contribution in [1.82, 2.24) is 4.98 Å². The fraction of sp³-hybridized carbons (Fsp3) is 0.450. The molecular formula is C20H24FN3O2. The molecule has 138 valence electrons. The summed E-state index contributed by atoms with van der Waals surface area (Å²) in [6.45, 7) is 0.600. The summed E-state index contributed by atoms with van der Waals surface area (Å²) in [6, 6.07) is 5.11. The summed E-state index contributed by atoms with van der Waals surface area (Å²) in [5.41, 5.74) is 13.8. The fourth-order valence-corrected chi connectivity index (χ4v) is 4.09. The van der Waals surface area contributed by atoms with Gasteiger partial charge in [0.1, 0.15) is 11.4 Å². The lowest BCUT2D eigenvalue weighted by Crippen LogP contribution is -2.22. The fourth-order valence-electron chi connectivity index (χ4n) is 4.09. The molecule has 4 rings (SSSR count). The van der Waals surface area contributed by atoms with Crippen molar-refractivity contribution in [2.45, 2.75) is 50.2 Å². The third kappa shape index (κ3) is 2.83. The number of aromatic nitrogens is 1. The second kappa shape index (κ2) is 6.52. The van der Waals surface area contributed by atoms with Crippen molar-refractivity contribution >= 4 is 11.4 Å². The topological polar surface area (TPSA) is 94.4 Å². The van der Waals surface area contributed by atoms with Gasteiger partial charge in [-0.25, -0.2) is 4.39 Å². The summed E-state index contributed by atoms with van der Waals surface area (Å²) in [5.74, 6) is -0.405. The molecule has 5 nitrogen and oxygen atoms in total. The van der Waals surface area contributed by atoms with Crippen LogP contribution in [0.3, 0.4) is 0 Å². The van der Waals surface area contributed by atoms with Crippen LogP contribution in [-0.4, -0.2) is 16.7 Å². The van der Waals surface area contributed by atoms with E-state index < -0.39 is 11.4 Å². The molecule has 6 heteroatoms. The number of pyridine rings is 1.